The molecule has 0 saturated carbocycles. The topological polar surface area (TPSA) is 38.8 Å². The number of ether oxygens (including phenoxy) is 2. The molecule has 1 aliphatic rings. The highest BCUT2D eigenvalue weighted by molar-refractivity contribution is 5.92. The number of hydrogen-bond acceptors (Lipinski definition) is 3. The lowest BCUT2D eigenvalue weighted by Crippen LogP contribution is -2.39. The summed E-state index contributed by atoms with van der Waals surface area (Å²) in [5, 5.41) is 0. The average molecular weight is 283 g/mol. The minimum absolute atomic E-state index is 0.0496. The summed E-state index contributed by atoms with van der Waals surface area (Å²) in [7, 11) is 0. The monoisotopic (exact) mass is 283 g/mol. The molecule has 0 aliphatic carbocycles. The Morgan fingerprint density at radius 2 is 2.00 bits per heavy atom. The number of halogens is 2. The van der Waals surface area contributed by atoms with E-state index in [0.717, 1.165) is 0 Å². The number of amides is 1. The van der Waals surface area contributed by atoms with Crippen LogP contribution in [0.25, 0.3) is 6.08 Å². The van der Waals surface area contributed by atoms with Gasteiger partial charge in [-0.2, -0.15) is 8.78 Å². The summed E-state index contributed by atoms with van der Waals surface area (Å²) in [5.74, 6) is -0.117. The zero-order valence-electron chi connectivity index (χ0n) is 10.8. The molecule has 1 amide bonds. The Kier molecular flexibility index (Phi) is 5.06. The van der Waals surface area contributed by atoms with Crippen molar-refractivity contribution in [1.82, 2.24) is 4.90 Å². The van der Waals surface area contributed by atoms with Gasteiger partial charge < -0.3 is 14.4 Å². The number of rotatable bonds is 4. The fraction of sp³-hybridized carbons (Fsp3) is 0.357. The number of benzene rings is 1. The van der Waals surface area contributed by atoms with Gasteiger partial charge in [-0.05, 0) is 12.1 Å². The van der Waals surface area contributed by atoms with Gasteiger partial charge in [0, 0.05) is 24.7 Å². The number of carbonyl (C=O) groups is 1. The van der Waals surface area contributed by atoms with Gasteiger partial charge in [-0.25, -0.2) is 0 Å². The van der Waals surface area contributed by atoms with Crippen LogP contribution in [-0.2, 0) is 9.53 Å². The molecule has 1 aromatic rings. The van der Waals surface area contributed by atoms with Gasteiger partial charge in [0.05, 0.1) is 13.2 Å². The lowest BCUT2D eigenvalue weighted by atomic mass is 10.2. The SMILES string of the molecule is O=C(/C=C/c1ccccc1OC(F)F)N1CCOCC1. The van der Waals surface area contributed by atoms with Crippen LogP contribution in [0.1, 0.15) is 5.56 Å². The first-order chi connectivity index (χ1) is 9.66. The van der Waals surface area contributed by atoms with E-state index in [2.05, 4.69) is 4.74 Å². The zero-order chi connectivity index (χ0) is 14.4. The summed E-state index contributed by atoms with van der Waals surface area (Å²) in [6.07, 6.45) is 2.84. The summed E-state index contributed by atoms with van der Waals surface area (Å²) in [4.78, 5) is 13.5. The normalized spacial score (nSPS) is 15.8. The van der Waals surface area contributed by atoms with Gasteiger partial charge in [-0.3, -0.25) is 4.79 Å². The van der Waals surface area contributed by atoms with Gasteiger partial charge in [-0.1, -0.05) is 18.2 Å². The molecule has 1 aromatic carbocycles. The highest BCUT2D eigenvalue weighted by Crippen LogP contribution is 2.21. The lowest BCUT2D eigenvalue weighted by Gasteiger charge is -2.25. The smallest absolute Gasteiger partial charge is 0.387 e. The second-order valence-corrected chi connectivity index (χ2v) is 4.19. The summed E-state index contributed by atoms with van der Waals surface area (Å²) in [6.45, 7) is -0.772. The number of para-hydroxylation sites is 1. The molecule has 0 atom stereocenters. The largest absolute Gasteiger partial charge is 0.434 e. The molecule has 0 radical (unpaired) electrons. The highest BCUT2D eigenvalue weighted by Gasteiger charge is 2.14. The molecular formula is C14H15F2NO3. The fourth-order valence-corrected chi connectivity index (χ4v) is 1.87. The van der Waals surface area contributed by atoms with Gasteiger partial charge in [-0.15, -0.1) is 0 Å². The number of hydrogen-bond donors (Lipinski definition) is 0. The van der Waals surface area contributed by atoms with Gasteiger partial charge in [0.1, 0.15) is 5.75 Å². The third-order valence-corrected chi connectivity index (χ3v) is 2.86. The quantitative estimate of drug-likeness (QED) is 0.795. The molecule has 20 heavy (non-hydrogen) atoms. The van der Waals surface area contributed by atoms with Crippen LogP contribution in [0.4, 0.5) is 8.78 Å². The van der Waals surface area contributed by atoms with Gasteiger partial charge >= 0.3 is 6.61 Å². The molecule has 0 unspecified atom stereocenters. The van der Waals surface area contributed by atoms with Crippen LogP contribution in [0.15, 0.2) is 30.3 Å². The third-order valence-electron chi connectivity index (χ3n) is 2.86. The Bertz CT molecular complexity index is 485. The molecule has 0 spiro atoms. The van der Waals surface area contributed by atoms with Crippen molar-refractivity contribution in [3.63, 3.8) is 0 Å². The van der Waals surface area contributed by atoms with Crippen molar-refractivity contribution in [2.24, 2.45) is 0 Å². The molecule has 1 heterocycles. The van der Waals surface area contributed by atoms with E-state index in [4.69, 9.17) is 4.74 Å². The summed E-state index contributed by atoms with van der Waals surface area (Å²) < 4.78 is 34.1. The molecule has 2 rings (SSSR count). The first kappa shape index (κ1) is 14.5. The molecule has 1 fully saturated rings. The van der Waals surface area contributed by atoms with Crippen molar-refractivity contribution in [2.75, 3.05) is 26.3 Å². The summed E-state index contributed by atoms with van der Waals surface area (Å²) in [6, 6.07) is 6.34. The van der Waals surface area contributed by atoms with Gasteiger partial charge in [0.15, 0.2) is 0 Å². The molecular weight excluding hydrogens is 268 g/mol. The van der Waals surface area contributed by atoms with Gasteiger partial charge in [0.25, 0.3) is 0 Å². The highest BCUT2D eigenvalue weighted by atomic mass is 19.3. The second-order valence-electron chi connectivity index (χ2n) is 4.19. The molecule has 1 saturated heterocycles. The number of morpholine rings is 1. The zero-order valence-corrected chi connectivity index (χ0v) is 10.8. The molecule has 1 aliphatic heterocycles. The van der Waals surface area contributed by atoms with E-state index >= 15 is 0 Å². The van der Waals surface area contributed by atoms with E-state index in [1.807, 2.05) is 0 Å². The molecule has 4 nitrogen and oxygen atoms in total. The Morgan fingerprint density at radius 3 is 2.70 bits per heavy atom. The molecule has 6 heteroatoms. The van der Waals surface area contributed by atoms with E-state index in [9.17, 15) is 13.6 Å². The van der Waals surface area contributed by atoms with Gasteiger partial charge in [0.2, 0.25) is 5.91 Å². The maximum atomic E-state index is 12.3. The van der Waals surface area contributed by atoms with Crippen molar-refractivity contribution >= 4 is 12.0 Å². The first-order valence-electron chi connectivity index (χ1n) is 6.25. The van der Waals surface area contributed by atoms with E-state index in [0.29, 0.717) is 31.9 Å². The second kappa shape index (κ2) is 7.00. The first-order valence-corrected chi connectivity index (χ1v) is 6.25. The van der Waals surface area contributed by atoms with Crippen LogP contribution >= 0.6 is 0 Å². The van der Waals surface area contributed by atoms with E-state index in [1.54, 1.807) is 23.1 Å². The predicted octanol–water partition coefficient (Wildman–Crippen LogP) is 2.16. The van der Waals surface area contributed by atoms with Crippen molar-refractivity contribution in [1.29, 1.82) is 0 Å². The Hall–Kier alpha value is -1.95. The van der Waals surface area contributed by atoms with E-state index in [1.165, 1.54) is 18.2 Å². The van der Waals surface area contributed by atoms with E-state index < -0.39 is 6.61 Å². The summed E-state index contributed by atoms with van der Waals surface area (Å²) in [5.41, 5.74) is 0.439. The van der Waals surface area contributed by atoms with Crippen LogP contribution in [0.5, 0.6) is 5.75 Å². The number of carbonyl (C=O) groups excluding carboxylic acids is 1. The van der Waals surface area contributed by atoms with Crippen LogP contribution in [-0.4, -0.2) is 43.7 Å². The molecule has 0 N–H and O–H groups in total. The lowest BCUT2D eigenvalue weighted by molar-refractivity contribution is -0.129. The molecule has 0 bridgehead atoms. The minimum atomic E-state index is -2.89. The Balaban J connectivity index is 2.04. The maximum absolute atomic E-state index is 12.3. The van der Waals surface area contributed by atoms with Crippen molar-refractivity contribution in [3.05, 3.63) is 35.9 Å². The van der Waals surface area contributed by atoms with Crippen LogP contribution in [0.3, 0.4) is 0 Å². The fourth-order valence-electron chi connectivity index (χ4n) is 1.87. The molecule has 108 valence electrons. The van der Waals surface area contributed by atoms with Crippen LogP contribution in [0, 0.1) is 0 Å². The van der Waals surface area contributed by atoms with Crippen LogP contribution < -0.4 is 4.74 Å². The Labute approximate surface area is 115 Å². The van der Waals surface area contributed by atoms with Crippen molar-refractivity contribution in [2.45, 2.75) is 6.61 Å². The third kappa shape index (κ3) is 4.03. The summed E-state index contributed by atoms with van der Waals surface area (Å²) >= 11 is 0. The standard InChI is InChI=1S/C14H15F2NO3/c15-14(16)20-12-4-2-1-3-11(12)5-6-13(18)17-7-9-19-10-8-17/h1-6,14H,7-10H2/b6-5+. The minimum Gasteiger partial charge on any atom is -0.434 e. The average Bonchev–Trinajstić information content (AvgIpc) is 2.46. The van der Waals surface area contributed by atoms with Crippen molar-refractivity contribution in [3.8, 4) is 5.75 Å². The van der Waals surface area contributed by atoms with Crippen molar-refractivity contribution < 1.29 is 23.0 Å². The number of alkyl halides is 2. The Morgan fingerprint density at radius 1 is 1.30 bits per heavy atom. The maximum Gasteiger partial charge on any atom is 0.387 e. The number of nitrogens with zero attached hydrogens (tertiary/aromatic N) is 1. The van der Waals surface area contributed by atoms with Crippen LogP contribution in [0.2, 0.25) is 0 Å². The van der Waals surface area contributed by atoms with E-state index in [-0.39, 0.29) is 11.7 Å². The predicted molar refractivity (Wildman–Crippen MR) is 69.5 cm³/mol. The molecule has 0 aromatic heterocycles.